The standard InChI is InChI=1S/C14H10Cl2O3/c1-19-13-7-8(3-5-11(13)15)10-4-2-9(14(17)18)6-12(10)16/h2-7H,1H3,(H,17,18). The largest absolute Gasteiger partial charge is 0.495 e. The number of rotatable bonds is 3. The van der Waals surface area contributed by atoms with Gasteiger partial charge in [-0.1, -0.05) is 35.3 Å². The Kier molecular flexibility index (Phi) is 3.98. The third-order valence-electron chi connectivity index (χ3n) is 2.68. The molecule has 19 heavy (non-hydrogen) atoms. The van der Waals surface area contributed by atoms with Crippen LogP contribution in [0, 0.1) is 0 Å². The summed E-state index contributed by atoms with van der Waals surface area (Å²) < 4.78 is 5.14. The minimum absolute atomic E-state index is 0.148. The van der Waals surface area contributed by atoms with Crippen molar-refractivity contribution in [1.29, 1.82) is 0 Å². The molecule has 0 saturated carbocycles. The van der Waals surface area contributed by atoms with Gasteiger partial charge in [0.25, 0.3) is 0 Å². The molecule has 0 fully saturated rings. The van der Waals surface area contributed by atoms with Crippen molar-refractivity contribution in [1.82, 2.24) is 0 Å². The molecule has 0 spiro atoms. The number of benzene rings is 2. The van der Waals surface area contributed by atoms with Crippen LogP contribution in [0.4, 0.5) is 0 Å². The highest BCUT2D eigenvalue weighted by molar-refractivity contribution is 6.34. The maximum Gasteiger partial charge on any atom is 0.335 e. The van der Waals surface area contributed by atoms with Crippen LogP contribution in [-0.4, -0.2) is 18.2 Å². The predicted octanol–water partition coefficient (Wildman–Crippen LogP) is 4.37. The molecule has 0 aliphatic rings. The summed E-state index contributed by atoms with van der Waals surface area (Å²) in [7, 11) is 1.53. The van der Waals surface area contributed by atoms with E-state index < -0.39 is 5.97 Å². The minimum atomic E-state index is -1.01. The Labute approximate surface area is 120 Å². The van der Waals surface area contributed by atoms with Crippen molar-refractivity contribution < 1.29 is 14.6 Å². The van der Waals surface area contributed by atoms with Crippen molar-refractivity contribution in [2.45, 2.75) is 0 Å². The molecule has 0 saturated heterocycles. The summed E-state index contributed by atoms with van der Waals surface area (Å²) >= 11 is 12.1. The molecule has 0 amide bonds. The van der Waals surface area contributed by atoms with Crippen molar-refractivity contribution in [2.24, 2.45) is 0 Å². The van der Waals surface area contributed by atoms with Crippen LogP contribution < -0.4 is 4.74 Å². The quantitative estimate of drug-likeness (QED) is 0.915. The lowest BCUT2D eigenvalue weighted by Gasteiger charge is -2.09. The Hall–Kier alpha value is -1.71. The molecule has 0 radical (unpaired) electrons. The monoisotopic (exact) mass is 296 g/mol. The Morgan fingerprint density at radius 2 is 1.84 bits per heavy atom. The van der Waals surface area contributed by atoms with Crippen molar-refractivity contribution in [2.75, 3.05) is 7.11 Å². The second-order valence-electron chi connectivity index (χ2n) is 3.85. The van der Waals surface area contributed by atoms with Gasteiger partial charge < -0.3 is 9.84 Å². The summed E-state index contributed by atoms with van der Waals surface area (Å²) in [5, 5.41) is 9.76. The Morgan fingerprint density at radius 3 is 2.42 bits per heavy atom. The van der Waals surface area contributed by atoms with Crippen LogP contribution in [-0.2, 0) is 0 Å². The highest BCUT2D eigenvalue weighted by Gasteiger charge is 2.10. The molecule has 0 atom stereocenters. The topological polar surface area (TPSA) is 46.5 Å². The second kappa shape index (κ2) is 5.51. The van der Waals surface area contributed by atoms with E-state index in [0.717, 1.165) is 11.1 Å². The Morgan fingerprint density at radius 1 is 1.11 bits per heavy atom. The van der Waals surface area contributed by atoms with E-state index in [1.807, 2.05) is 0 Å². The van der Waals surface area contributed by atoms with Crippen LogP contribution >= 0.6 is 23.2 Å². The highest BCUT2D eigenvalue weighted by atomic mass is 35.5. The summed E-state index contributed by atoms with van der Waals surface area (Å²) in [5.74, 6) is -0.473. The van der Waals surface area contributed by atoms with Crippen molar-refractivity contribution in [3.8, 4) is 16.9 Å². The molecular formula is C14H10Cl2O3. The SMILES string of the molecule is COc1cc(-c2ccc(C(=O)O)cc2Cl)ccc1Cl. The van der Waals surface area contributed by atoms with Gasteiger partial charge in [-0.3, -0.25) is 0 Å². The fourth-order valence-corrected chi connectivity index (χ4v) is 2.19. The van der Waals surface area contributed by atoms with Gasteiger partial charge in [0.15, 0.2) is 0 Å². The van der Waals surface area contributed by atoms with Crippen molar-refractivity contribution in [3.05, 3.63) is 52.0 Å². The van der Waals surface area contributed by atoms with Crippen molar-refractivity contribution >= 4 is 29.2 Å². The van der Waals surface area contributed by atoms with Crippen LogP contribution in [0.2, 0.25) is 10.0 Å². The lowest BCUT2D eigenvalue weighted by atomic mass is 10.0. The van der Waals surface area contributed by atoms with Gasteiger partial charge in [-0.15, -0.1) is 0 Å². The molecule has 0 bridgehead atoms. The molecule has 1 N–H and O–H groups in total. The van der Waals surface area contributed by atoms with E-state index in [1.54, 1.807) is 24.3 Å². The number of ether oxygens (including phenoxy) is 1. The van der Waals surface area contributed by atoms with E-state index >= 15 is 0 Å². The van der Waals surface area contributed by atoms with E-state index in [4.69, 9.17) is 33.0 Å². The maximum absolute atomic E-state index is 10.8. The van der Waals surface area contributed by atoms with Gasteiger partial charge >= 0.3 is 5.97 Å². The Bertz CT molecular complexity index is 639. The highest BCUT2D eigenvalue weighted by Crippen LogP contribution is 2.34. The second-order valence-corrected chi connectivity index (χ2v) is 4.66. The molecule has 0 aliphatic heterocycles. The van der Waals surface area contributed by atoms with Gasteiger partial charge in [0.2, 0.25) is 0 Å². The van der Waals surface area contributed by atoms with Crippen LogP contribution in [0.1, 0.15) is 10.4 Å². The molecule has 0 unspecified atom stereocenters. The zero-order chi connectivity index (χ0) is 14.0. The van der Waals surface area contributed by atoms with E-state index in [9.17, 15) is 4.79 Å². The fourth-order valence-electron chi connectivity index (χ4n) is 1.71. The Balaban J connectivity index is 2.50. The first kappa shape index (κ1) is 13.7. The summed E-state index contributed by atoms with van der Waals surface area (Å²) in [6, 6.07) is 9.84. The van der Waals surface area contributed by atoms with Gasteiger partial charge in [-0.2, -0.15) is 0 Å². The smallest absolute Gasteiger partial charge is 0.335 e. The fraction of sp³-hybridized carbons (Fsp3) is 0.0714. The zero-order valence-electron chi connectivity index (χ0n) is 9.98. The normalized spacial score (nSPS) is 10.3. The lowest BCUT2D eigenvalue weighted by molar-refractivity contribution is 0.0697. The zero-order valence-corrected chi connectivity index (χ0v) is 11.5. The van der Waals surface area contributed by atoms with E-state index in [2.05, 4.69) is 0 Å². The molecule has 0 aromatic heterocycles. The third-order valence-corrected chi connectivity index (χ3v) is 3.30. The van der Waals surface area contributed by atoms with E-state index in [-0.39, 0.29) is 5.56 Å². The summed E-state index contributed by atoms with van der Waals surface area (Å²) in [6.07, 6.45) is 0. The first-order valence-electron chi connectivity index (χ1n) is 5.39. The first-order chi connectivity index (χ1) is 9.02. The summed E-state index contributed by atoms with van der Waals surface area (Å²) in [6.45, 7) is 0. The minimum Gasteiger partial charge on any atom is -0.495 e. The van der Waals surface area contributed by atoms with E-state index in [0.29, 0.717) is 15.8 Å². The number of aromatic carboxylic acids is 1. The molecule has 3 nitrogen and oxygen atoms in total. The molecule has 5 heteroatoms. The average molecular weight is 297 g/mol. The van der Waals surface area contributed by atoms with Gasteiger partial charge in [-0.05, 0) is 29.8 Å². The number of hydrogen-bond donors (Lipinski definition) is 1. The molecule has 0 aliphatic carbocycles. The number of hydrogen-bond acceptors (Lipinski definition) is 2. The predicted molar refractivity (Wildman–Crippen MR) is 75.4 cm³/mol. The molecule has 2 aromatic rings. The van der Waals surface area contributed by atoms with Gasteiger partial charge in [0.05, 0.1) is 17.7 Å². The lowest BCUT2D eigenvalue weighted by Crippen LogP contribution is -1.96. The van der Waals surface area contributed by atoms with Crippen LogP contribution in [0.3, 0.4) is 0 Å². The molecule has 2 aromatic carbocycles. The number of carboxylic acids is 1. The summed E-state index contributed by atoms with van der Waals surface area (Å²) in [5.41, 5.74) is 1.68. The maximum atomic E-state index is 10.8. The number of carbonyl (C=O) groups is 1. The molecule has 2 rings (SSSR count). The van der Waals surface area contributed by atoms with Gasteiger partial charge in [0, 0.05) is 10.6 Å². The molecule has 98 valence electrons. The third kappa shape index (κ3) is 2.83. The summed E-state index contributed by atoms with van der Waals surface area (Å²) in [4.78, 5) is 10.8. The van der Waals surface area contributed by atoms with Crippen LogP contribution in [0.25, 0.3) is 11.1 Å². The van der Waals surface area contributed by atoms with Gasteiger partial charge in [0.1, 0.15) is 5.75 Å². The number of halogens is 2. The van der Waals surface area contributed by atoms with E-state index in [1.165, 1.54) is 19.2 Å². The first-order valence-corrected chi connectivity index (χ1v) is 6.15. The molecule has 0 heterocycles. The van der Waals surface area contributed by atoms with Crippen LogP contribution in [0.15, 0.2) is 36.4 Å². The number of carboxylic acid groups (broad SMARTS) is 1. The number of methoxy groups -OCH3 is 1. The van der Waals surface area contributed by atoms with Crippen molar-refractivity contribution in [3.63, 3.8) is 0 Å². The average Bonchev–Trinajstić information content (AvgIpc) is 2.39. The van der Waals surface area contributed by atoms with Crippen LogP contribution in [0.5, 0.6) is 5.75 Å². The molecular weight excluding hydrogens is 287 g/mol. The van der Waals surface area contributed by atoms with Gasteiger partial charge in [-0.25, -0.2) is 4.79 Å².